The summed E-state index contributed by atoms with van der Waals surface area (Å²) >= 11 is 0. The van der Waals surface area contributed by atoms with Crippen LogP contribution in [-0.4, -0.2) is 46.9 Å². The summed E-state index contributed by atoms with van der Waals surface area (Å²) in [6.07, 6.45) is 1.22. The monoisotopic (exact) mass is 485 g/mol. The van der Waals surface area contributed by atoms with Gasteiger partial charge in [-0.05, 0) is 60.4 Å². The maximum Gasteiger partial charge on any atom is 0.247 e. The minimum absolute atomic E-state index is 0.000266. The van der Waals surface area contributed by atoms with E-state index in [2.05, 4.69) is 10.6 Å². The van der Waals surface area contributed by atoms with E-state index in [-0.39, 0.29) is 29.6 Å². The van der Waals surface area contributed by atoms with Crippen LogP contribution in [0.25, 0.3) is 0 Å². The molecular weight excluding hydrogens is 456 g/mol. The Balaban J connectivity index is 1.76. The number of carbonyl (C=O) groups is 3. The summed E-state index contributed by atoms with van der Waals surface area (Å²) in [6, 6.07) is 4.46. The van der Waals surface area contributed by atoms with Gasteiger partial charge in [-0.25, -0.2) is 8.78 Å². The average molecular weight is 486 g/mol. The lowest BCUT2D eigenvalue weighted by Gasteiger charge is -2.44. The van der Waals surface area contributed by atoms with Crippen molar-refractivity contribution in [2.75, 3.05) is 7.05 Å². The predicted octanol–water partition coefficient (Wildman–Crippen LogP) is 2.61. The highest BCUT2D eigenvalue weighted by atomic mass is 19.1. The number of hydrogen-bond donors (Lipinski definition) is 3. The number of nitrogens with zero attached hydrogens (tertiary/aromatic N) is 1. The van der Waals surface area contributed by atoms with E-state index in [0.29, 0.717) is 18.9 Å². The largest absolute Gasteiger partial charge is 0.508 e. The average Bonchev–Trinajstić information content (AvgIpc) is 3.21. The number of benzene rings is 2. The van der Waals surface area contributed by atoms with Crippen molar-refractivity contribution in [1.82, 2.24) is 15.5 Å². The molecule has 2 aromatic carbocycles. The van der Waals surface area contributed by atoms with Crippen molar-refractivity contribution in [2.45, 2.75) is 51.2 Å². The van der Waals surface area contributed by atoms with Crippen molar-refractivity contribution in [1.29, 1.82) is 0 Å². The Bertz CT molecular complexity index is 1170. The molecule has 0 spiro atoms. The van der Waals surface area contributed by atoms with Gasteiger partial charge in [0, 0.05) is 18.7 Å². The second-order valence-electron chi connectivity index (χ2n) is 9.68. The van der Waals surface area contributed by atoms with Crippen LogP contribution in [0.1, 0.15) is 43.0 Å². The molecule has 0 aromatic heterocycles. The second kappa shape index (κ2) is 9.64. The Morgan fingerprint density at radius 2 is 1.86 bits per heavy atom. The number of rotatable bonds is 6. The van der Waals surface area contributed by atoms with Crippen molar-refractivity contribution >= 4 is 17.7 Å². The lowest BCUT2D eigenvalue weighted by Crippen LogP contribution is -2.67. The molecule has 1 saturated heterocycles. The van der Waals surface area contributed by atoms with Crippen LogP contribution in [0.2, 0.25) is 0 Å². The van der Waals surface area contributed by atoms with Crippen LogP contribution in [0.5, 0.6) is 5.75 Å². The van der Waals surface area contributed by atoms with Crippen molar-refractivity contribution in [3.8, 4) is 5.75 Å². The third-order valence-corrected chi connectivity index (χ3v) is 6.81. The summed E-state index contributed by atoms with van der Waals surface area (Å²) in [5.41, 5.74) is 1.68. The van der Waals surface area contributed by atoms with Gasteiger partial charge in [-0.3, -0.25) is 14.4 Å². The molecule has 186 valence electrons. The number of halogens is 2. The quantitative estimate of drug-likeness (QED) is 0.586. The van der Waals surface area contributed by atoms with Gasteiger partial charge in [0.1, 0.15) is 35.5 Å². The van der Waals surface area contributed by atoms with Gasteiger partial charge in [0.05, 0.1) is 0 Å². The third-order valence-electron chi connectivity index (χ3n) is 6.81. The number of phenols is 1. The fourth-order valence-corrected chi connectivity index (χ4v) is 5.20. The van der Waals surface area contributed by atoms with E-state index in [1.54, 1.807) is 18.2 Å². The van der Waals surface area contributed by atoms with Gasteiger partial charge in [-0.1, -0.05) is 26.0 Å². The van der Waals surface area contributed by atoms with Gasteiger partial charge in [0.15, 0.2) is 0 Å². The maximum atomic E-state index is 14.9. The molecule has 3 N–H and O–H groups in total. The summed E-state index contributed by atoms with van der Waals surface area (Å²) in [6.45, 7) is 3.77. The minimum Gasteiger partial charge on any atom is -0.508 e. The number of carbonyl (C=O) groups excluding carboxylic acids is 3. The Hall–Kier alpha value is -3.49. The summed E-state index contributed by atoms with van der Waals surface area (Å²) < 4.78 is 28.5. The molecule has 1 heterocycles. The molecule has 0 saturated carbocycles. The molecule has 4 rings (SSSR count). The number of likely N-dealkylation sites (N-methyl/N-ethyl adjacent to an activating group) is 1. The van der Waals surface area contributed by atoms with Gasteiger partial charge in [0.2, 0.25) is 17.7 Å². The Kier molecular flexibility index (Phi) is 6.78. The van der Waals surface area contributed by atoms with Gasteiger partial charge < -0.3 is 20.6 Å². The molecule has 9 heteroatoms. The molecule has 1 aliphatic heterocycles. The summed E-state index contributed by atoms with van der Waals surface area (Å²) in [7, 11) is 1.36. The molecule has 7 nitrogen and oxygen atoms in total. The fraction of sp³-hybridized carbons (Fsp3) is 0.423. The molecule has 35 heavy (non-hydrogen) atoms. The number of fused-ring (bicyclic) bond motifs is 1. The first-order chi connectivity index (χ1) is 16.6. The lowest BCUT2D eigenvalue weighted by atomic mass is 9.88. The summed E-state index contributed by atoms with van der Waals surface area (Å²) in [4.78, 5) is 41.5. The highest BCUT2D eigenvalue weighted by molar-refractivity contribution is 6.00. The fourth-order valence-electron chi connectivity index (χ4n) is 5.20. The predicted molar refractivity (Wildman–Crippen MR) is 124 cm³/mol. The topological polar surface area (TPSA) is 98.7 Å². The maximum absolute atomic E-state index is 14.9. The van der Waals surface area contributed by atoms with Crippen LogP contribution in [-0.2, 0) is 27.2 Å². The van der Waals surface area contributed by atoms with E-state index in [1.807, 2.05) is 13.8 Å². The van der Waals surface area contributed by atoms with Crippen molar-refractivity contribution in [2.24, 2.45) is 11.8 Å². The molecule has 0 bridgehead atoms. The van der Waals surface area contributed by atoms with Crippen molar-refractivity contribution in [3.63, 3.8) is 0 Å². The molecule has 3 amide bonds. The van der Waals surface area contributed by atoms with Gasteiger partial charge in [-0.15, -0.1) is 0 Å². The number of nitrogens with one attached hydrogen (secondary N) is 2. The minimum atomic E-state index is -1.45. The van der Waals surface area contributed by atoms with Gasteiger partial charge >= 0.3 is 0 Å². The van der Waals surface area contributed by atoms with E-state index >= 15 is 0 Å². The molecule has 0 radical (unpaired) electrons. The molecule has 1 fully saturated rings. The van der Waals surface area contributed by atoms with Crippen molar-refractivity contribution in [3.05, 3.63) is 64.7 Å². The number of piperazine rings is 1. The molecule has 2 aliphatic rings. The highest BCUT2D eigenvalue weighted by Crippen LogP contribution is 2.36. The van der Waals surface area contributed by atoms with Crippen LogP contribution in [0.3, 0.4) is 0 Å². The zero-order chi connectivity index (χ0) is 25.4. The first-order valence-corrected chi connectivity index (χ1v) is 11.7. The van der Waals surface area contributed by atoms with E-state index in [1.165, 1.54) is 11.9 Å². The zero-order valence-corrected chi connectivity index (χ0v) is 19.8. The molecule has 1 aliphatic carbocycles. The molecular formula is C26H29F2N3O4. The molecule has 3 unspecified atom stereocenters. The Morgan fingerprint density at radius 3 is 2.51 bits per heavy atom. The van der Waals surface area contributed by atoms with Gasteiger partial charge in [0.25, 0.3) is 0 Å². The van der Waals surface area contributed by atoms with Crippen molar-refractivity contribution < 1.29 is 28.3 Å². The summed E-state index contributed by atoms with van der Waals surface area (Å²) in [5.74, 6) is -3.55. The smallest absolute Gasteiger partial charge is 0.247 e. The zero-order valence-electron chi connectivity index (χ0n) is 19.8. The Morgan fingerprint density at radius 1 is 1.14 bits per heavy atom. The third kappa shape index (κ3) is 4.72. The Labute approximate surface area is 202 Å². The van der Waals surface area contributed by atoms with E-state index in [4.69, 9.17) is 0 Å². The normalized spacial score (nSPS) is 22.7. The van der Waals surface area contributed by atoms with Crippen LogP contribution in [0.15, 0.2) is 36.4 Å². The highest BCUT2D eigenvalue weighted by Gasteiger charge is 2.49. The summed E-state index contributed by atoms with van der Waals surface area (Å²) in [5, 5.41) is 15.1. The standard InChI is InChI=1S/C26H29F2N3O4/c1-13(2)8-21-24(33)30-22(16-9-14-4-6-18(32)11-15(14)10-16)26(35)31(21)23(25(34)29-3)19-7-5-17(27)12-20(19)28/h4-7,11-13,16,21-23,32H,8-10H2,1-3H3,(H,29,34)(H,30,33)/t16-,21?,22?,23?/m1/s1. The van der Waals surface area contributed by atoms with Crippen LogP contribution in [0.4, 0.5) is 8.78 Å². The number of aromatic hydroxyl groups is 1. The van der Waals surface area contributed by atoms with Crippen LogP contribution in [0, 0.1) is 23.5 Å². The van der Waals surface area contributed by atoms with E-state index in [0.717, 1.165) is 23.3 Å². The van der Waals surface area contributed by atoms with E-state index < -0.39 is 47.5 Å². The lowest BCUT2D eigenvalue weighted by molar-refractivity contribution is -0.157. The van der Waals surface area contributed by atoms with Crippen LogP contribution < -0.4 is 10.6 Å². The molecule has 4 atom stereocenters. The number of hydrogen-bond acceptors (Lipinski definition) is 4. The second-order valence-corrected chi connectivity index (χ2v) is 9.68. The van der Waals surface area contributed by atoms with Gasteiger partial charge in [-0.2, -0.15) is 0 Å². The van der Waals surface area contributed by atoms with E-state index in [9.17, 15) is 28.3 Å². The first-order valence-electron chi connectivity index (χ1n) is 11.7. The number of phenolic OH excluding ortho intramolecular Hbond substituents is 1. The molecule has 2 aromatic rings. The number of amides is 3. The SMILES string of the molecule is CNC(=O)C(c1ccc(F)cc1F)N1C(=O)C([C@@H]2Cc3ccc(O)cc3C2)NC(=O)C1CC(C)C. The van der Waals surface area contributed by atoms with Crippen LogP contribution >= 0.6 is 0 Å². The first kappa shape index (κ1) is 24.6.